The smallest absolute Gasteiger partial charge is 0.328 e. The Hall–Kier alpha value is -3.78. The molecule has 0 saturated carbocycles. The first-order chi connectivity index (χ1) is 16.9. The van der Waals surface area contributed by atoms with Crippen LogP contribution in [0.25, 0.3) is 10.9 Å². The number of hydrogen-bond acceptors (Lipinski definition) is 5. The maximum Gasteiger partial charge on any atom is 0.328 e. The summed E-state index contributed by atoms with van der Waals surface area (Å²) in [6, 6.07) is 11.9. The van der Waals surface area contributed by atoms with Crippen molar-refractivity contribution in [2.45, 2.75) is 24.9 Å². The summed E-state index contributed by atoms with van der Waals surface area (Å²) in [7, 11) is 1.63. The number of H-pyrrole nitrogens is 1. The first kappa shape index (κ1) is 21.7. The summed E-state index contributed by atoms with van der Waals surface area (Å²) in [5.41, 5.74) is 2.49. The Labute approximate surface area is 203 Å². The lowest BCUT2D eigenvalue weighted by atomic mass is 9.81. The molecule has 1 aromatic heterocycles. The van der Waals surface area contributed by atoms with E-state index in [0.717, 1.165) is 46.6 Å². The van der Waals surface area contributed by atoms with E-state index in [1.54, 1.807) is 30.2 Å². The number of fused-ring (bicyclic) bond motifs is 4. The molecule has 1 fully saturated rings. The number of phenolic OH excluding ortho intramolecular Hbond substituents is 1. The van der Waals surface area contributed by atoms with Gasteiger partial charge in [-0.1, -0.05) is 24.3 Å². The fourth-order valence-electron chi connectivity index (χ4n) is 5.80. The molecule has 3 aliphatic rings. The number of urea groups is 1. The first-order valence-corrected chi connectivity index (χ1v) is 11.9. The van der Waals surface area contributed by atoms with Crippen LogP contribution in [0.3, 0.4) is 0 Å². The fourth-order valence-corrected chi connectivity index (χ4v) is 5.80. The summed E-state index contributed by atoms with van der Waals surface area (Å²) in [5, 5.41) is 11.2. The van der Waals surface area contributed by atoms with E-state index in [2.05, 4.69) is 22.0 Å². The SMILES string of the molecule is COc1ccc2[nH]c3c(c2c1)CC1(C)C(=O)N(CCN2CC=CC2)C(=O)N1C3c1cccc(O)c1. The van der Waals surface area contributed by atoms with Crippen molar-refractivity contribution in [2.75, 3.05) is 33.3 Å². The van der Waals surface area contributed by atoms with Crippen molar-refractivity contribution in [3.8, 4) is 11.5 Å². The summed E-state index contributed by atoms with van der Waals surface area (Å²) in [6.45, 7) is 4.52. The summed E-state index contributed by atoms with van der Waals surface area (Å²) < 4.78 is 5.46. The summed E-state index contributed by atoms with van der Waals surface area (Å²) in [6.07, 6.45) is 4.60. The number of carbonyl (C=O) groups is 2. The van der Waals surface area contributed by atoms with Gasteiger partial charge in [-0.2, -0.15) is 0 Å². The fraction of sp³-hybridized carbons (Fsp3) is 0.333. The third-order valence-electron chi connectivity index (χ3n) is 7.59. The van der Waals surface area contributed by atoms with Crippen molar-refractivity contribution in [2.24, 2.45) is 0 Å². The number of aromatic nitrogens is 1. The van der Waals surface area contributed by atoms with Crippen LogP contribution < -0.4 is 4.74 Å². The van der Waals surface area contributed by atoms with E-state index in [-0.39, 0.29) is 17.7 Å². The molecule has 0 bridgehead atoms. The topological polar surface area (TPSA) is 89.1 Å². The van der Waals surface area contributed by atoms with Gasteiger partial charge in [-0.3, -0.25) is 19.5 Å². The van der Waals surface area contributed by atoms with Crippen LogP contribution in [0.1, 0.15) is 29.8 Å². The lowest BCUT2D eigenvalue weighted by Gasteiger charge is -2.42. The molecular weight excluding hydrogens is 444 g/mol. The molecule has 3 aliphatic heterocycles. The quantitative estimate of drug-likeness (QED) is 0.439. The van der Waals surface area contributed by atoms with E-state index in [0.29, 0.717) is 19.5 Å². The average Bonchev–Trinajstić information content (AvgIpc) is 3.54. The Kier molecular flexibility index (Phi) is 4.89. The number of ether oxygens (including phenoxy) is 1. The molecule has 4 heterocycles. The minimum absolute atomic E-state index is 0.116. The van der Waals surface area contributed by atoms with E-state index in [1.807, 2.05) is 31.2 Å². The predicted octanol–water partition coefficient (Wildman–Crippen LogP) is 3.42. The van der Waals surface area contributed by atoms with Crippen LogP contribution in [-0.4, -0.2) is 75.6 Å². The van der Waals surface area contributed by atoms with Crippen molar-refractivity contribution in [1.29, 1.82) is 0 Å². The van der Waals surface area contributed by atoms with Crippen molar-refractivity contribution in [3.63, 3.8) is 0 Å². The molecule has 2 unspecified atom stereocenters. The van der Waals surface area contributed by atoms with E-state index < -0.39 is 11.6 Å². The Balaban J connectivity index is 1.48. The number of benzene rings is 2. The van der Waals surface area contributed by atoms with Crippen molar-refractivity contribution >= 4 is 22.8 Å². The number of rotatable bonds is 5. The standard InChI is InChI=1S/C27H28N4O4/c1-27-16-21-20-15-19(35-2)8-9-22(20)28-23(21)24(17-6-5-7-18(32)14-17)31(27)26(34)30(25(27)33)13-12-29-10-3-4-11-29/h3-9,14-15,24,28,32H,10-13,16H2,1-2H3. The van der Waals surface area contributed by atoms with Crippen molar-refractivity contribution < 1.29 is 19.4 Å². The molecule has 2 atom stereocenters. The molecule has 1 saturated heterocycles. The van der Waals surface area contributed by atoms with Gasteiger partial charge in [-0.15, -0.1) is 0 Å². The number of aromatic hydroxyl groups is 1. The molecule has 6 rings (SSSR count). The van der Waals surface area contributed by atoms with Crippen molar-refractivity contribution in [3.05, 3.63) is 71.4 Å². The third-order valence-corrected chi connectivity index (χ3v) is 7.59. The predicted molar refractivity (Wildman–Crippen MR) is 131 cm³/mol. The second-order valence-electron chi connectivity index (χ2n) is 9.72. The summed E-state index contributed by atoms with van der Waals surface area (Å²) in [5.74, 6) is 0.670. The molecule has 0 radical (unpaired) electrons. The number of amides is 3. The van der Waals surface area contributed by atoms with Crippen LogP contribution in [0.4, 0.5) is 4.79 Å². The monoisotopic (exact) mass is 472 g/mol. The van der Waals surface area contributed by atoms with Gasteiger partial charge in [0.15, 0.2) is 0 Å². The molecule has 35 heavy (non-hydrogen) atoms. The number of methoxy groups -OCH3 is 1. The second-order valence-corrected chi connectivity index (χ2v) is 9.72. The van der Waals surface area contributed by atoms with E-state index in [1.165, 1.54) is 4.90 Å². The maximum atomic E-state index is 13.9. The molecule has 8 nitrogen and oxygen atoms in total. The van der Waals surface area contributed by atoms with Crippen LogP contribution in [0.15, 0.2) is 54.6 Å². The number of phenols is 1. The van der Waals surface area contributed by atoms with Gasteiger partial charge in [0.1, 0.15) is 23.1 Å². The molecule has 2 aromatic carbocycles. The van der Waals surface area contributed by atoms with Crippen molar-refractivity contribution in [1.82, 2.24) is 19.7 Å². The second kappa shape index (κ2) is 7.88. The Bertz CT molecular complexity index is 1370. The average molecular weight is 473 g/mol. The Morgan fingerprint density at radius 1 is 1.11 bits per heavy atom. The summed E-state index contributed by atoms with van der Waals surface area (Å²) >= 11 is 0. The Morgan fingerprint density at radius 3 is 2.66 bits per heavy atom. The lowest BCUT2D eigenvalue weighted by molar-refractivity contribution is -0.133. The van der Waals surface area contributed by atoms with Gasteiger partial charge in [-0.25, -0.2) is 4.79 Å². The molecule has 0 aliphatic carbocycles. The minimum Gasteiger partial charge on any atom is -0.508 e. The largest absolute Gasteiger partial charge is 0.508 e. The zero-order chi connectivity index (χ0) is 24.3. The van der Waals surface area contributed by atoms with Gasteiger partial charge in [-0.05, 0) is 48.4 Å². The van der Waals surface area contributed by atoms with Crippen LogP contribution >= 0.6 is 0 Å². The normalized spacial score (nSPS) is 23.9. The zero-order valence-electron chi connectivity index (χ0n) is 19.8. The number of nitrogens with zero attached hydrogens (tertiary/aromatic N) is 3. The molecular formula is C27H28N4O4. The lowest BCUT2D eigenvalue weighted by Crippen LogP contribution is -2.53. The van der Waals surface area contributed by atoms with Crippen LogP contribution in [0.5, 0.6) is 11.5 Å². The van der Waals surface area contributed by atoms with Gasteiger partial charge < -0.3 is 14.8 Å². The third kappa shape index (κ3) is 3.24. The van der Waals surface area contributed by atoms with Crippen LogP contribution in [-0.2, 0) is 11.2 Å². The molecule has 8 heteroatoms. The minimum atomic E-state index is -1.04. The van der Waals surface area contributed by atoms with Crippen LogP contribution in [0, 0.1) is 0 Å². The van der Waals surface area contributed by atoms with Gasteiger partial charge in [0.05, 0.1) is 7.11 Å². The zero-order valence-corrected chi connectivity index (χ0v) is 19.8. The van der Waals surface area contributed by atoms with E-state index in [9.17, 15) is 14.7 Å². The Morgan fingerprint density at radius 2 is 1.91 bits per heavy atom. The number of aromatic amines is 1. The van der Waals surface area contributed by atoms with Gasteiger partial charge >= 0.3 is 6.03 Å². The molecule has 180 valence electrons. The molecule has 0 spiro atoms. The van der Waals surface area contributed by atoms with Gasteiger partial charge in [0.2, 0.25) is 0 Å². The van der Waals surface area contributed by atoms with Gasteiger partial charge in [0, 0.05) is 49.2 Å². The highest BCUT2D eigenvalue weighted by atomic mass is 16.5. The van der Waals surface area contributed by atoms with Gasteiger partial charge in [0.25, 0.3) is 5.91 Å². The number of hydrogen-bond donors (Lipinski definition) is 2. The molecule has 3 aromatic rings. The number of nitrogens with one attached hydrogen (secondary N) is 1. The highest BCUT2D eigenvalue weighted by Crippen LogP contribution is 2.49. The highest BCUT2D eigenvalue weighted by molar-refractivity contribution is 6.08. The van der Waals surface area contributed by atoms with E-state index >= 15 is 0 Å². The summed E-state index contributed by atoms with van der Waals surface area (Å²) in [4.78, 5) is 36.5. The first-order valence-electron chi connectivity index (χ1n) is 11.9. The maximum absolute atomic E-state index is 13.9. The number of imide groups is 1. The molecule has 2 N–H and O–H groups in total. The van der Waals surface area contributed by atoms with E-state index in [4.69, 9.17) is 4.74 Å². The molecule has 3 amide bonds. The van der Waals surface area contributed by atoms with Crippen LogP contribution in [0.2, 0.25) is 0 Å². The number of carbonyl (C=O) groups excluding carboxylic acids is 2. The highest BCUT2D eigenvalue weighted by Gasteiger charge is 2.60.